The van der Waals surface area contributed by atoms with Crippen LogP contribution in [0.2, 0.25) is 0 Å². The van der Waals surface area contributed by atoms with Gasteiger partial charge in [0, 0.05) is 25.7 Å². The largest absolute Gasteiger partial charge is 0.472 e. The van der Waals surface area contributed by atoms with Crippen molar-refractivity contribution in [2.24, 2.45) is 23.7 Å². The summed E-state index contributed by atoms with van der Waals surface area (Å²) in [5, 5.41) is 10.6. The van der Waals surface area contributed by atoms with E-state index in [2.05, 4.69) is 55.4 Å². The summed E-state index contributed by atoms with van der Waals surface area (Å²) in [5.41, 5.74) is 0. The predicted octanol–water partition coefficient (Wildman–Crippen LogP) is 20.1. The summed E-state index contributed by atoms with van der Waals surface area (Å²) in [4.78, 5) is 72.5. The number of hydrogen-bond acceptors (Lipinski definition) is 15. The first-order valence-corrected chi connectivity index (χ1v) is 39.7. The Bertz CT molecular complexity index is 1780. The number of phosphoric acid groups is 2. The fraction of sp³-hybridized carbons (Fsp3) is 0.944. The molecular weight excluding hydrogens is 1190 g/mol. The Morgan fingerprint density at radius 1 is 0.278 bits per heavy atom. The van der Waals surface area contributed by atoms with E-state index in [9.17, 15) is 43.2 Å². The molecule has 0 saturated heterocycles. The Hall–Kier alpha value is -1.94. The summed E-state index contributed by atoms with van der Waals surface area (Å²) in [6.07, 6.45) is 43.3. The second-order valence-corrected chi connectivity index (χ2v) is 30.4. The second-order valence-electron chi connectivity index (χ2n) is 27.5. The third kappa shape index (κ3) is 64.8. The number of aliphatic hydroxyl groups is 1. The van der Waals surface area contributed by atoms with Crippen molar-refractivity contribution in [1.82, 2.24) is 0 Å². The Morgan fingerprint density at radius 2 is 0.467 bits per heavy atom. The number of rotatable bonds is 68. The number of unbranched alkanes of at least 4 members (excludes halogenated alkanes) is 34. The average Bonchev–Trinajstić information content (AvgIpc) is 3.60. The monoisotopic (exact) mass is 1320 g/mol. The van der Waals surface area contributed by atoms with E-state index in [0.717, 1.165) is 115 Å². The fourth-order valence-electron chi connectivity index (χ4n) is 10.7. The summed E-state index contributed by atoms with van der Waals surface area (Å²) in [5.74, 6) is 0.808. The standard InChI is InChI=1S/C71H138O17P2/c1-61(2)47-39-31-23-18-14-12-10-9-11-13-15-20-26-37-45-53-70(75)88-67(58-82-69(74)52-44-36-30-29-34-42-50-64(7)8)60-86-90(79,80)84-56-65(72)55-83-89(77,78)85-59-66(57-81-68(73)51-43-35-28-22-25-33-41-49-63(5)6)87-71(76)54-46-38-27-21-17-16-19-24-32-40-48-62(3)4/h61-67,72H,9-60H2,1-8H3,(H,77,78)(H,79,80)/t65?,66-,67-/m1/s1. The van der Waals surface area contributed by atoms with Crippen LogP contribution in [0.5, 0.6) is 0 Å². The molecule has 0 radical (unpaired) electrons. The zero-order valence-electron chi connectivity index (χ0n) is 58.8. The Labute approximate surface area is 549 Å². The highest BCUT2D eigenvalue weighted by molar-refractivity contribution is 7.47. The van der Waals surface area contributed by atoms with Crippen molar-refractivity contribution in [2.45, 2.75) is 369 Å². The molecule has 534 valence electrons. The van der Waals surface area contributed by atoms with E-state index in [1.165, 1.54) is 141 Å². The van der Waals surface area contributed by atoms with E-state index < -0.39 is 97.5 Å². The minimum atomic E-state index is -4.95. The van der Waals surface area contributed by atoms with Crippen molar-refractivity contribution in [1.29, 1.82) is 0 Å². The molecule has 3 unspecified atom stereocenters. The van der Waals surface area contributed by atoms with Crippen LogP contribution >= 0.6 is 15.6 Å². The molecule has 0 aromatic heterocycles. The van der Waals surface area contributed by atoms with E-state index >= 15 is 0 Å². The van der Waals surface area contributed by atoms with Crippen molar-refractivity contribution < 1.29 is 80.2 Å². The molecule has 0 bridgehead atoms. The first-order valence-electron chi connectivity index (χ1n) is 36.7. The minimum absolute atomic E-state index is 0.105. The van der Waals surface area contributed by atoms with Crippen LogP contribution < -0.4 is 0 Å². The molecule has 3 N–H and O–H groups in total. The lowest BCUT2D eigenvalue weighted by Crippen LogP contribution is -2.30. The van der Waals surface area contributed by atoms with Crippen LogP contribution in [0.15, 0.2) is 0 Å². The zero-order valence-corrected chi connectivity index (χ0v) is 60.6. The van der Waals surface area contributed by atoms with Gasteiger partial charge in [-0.1, -0.05) is 299 Å². The van der Waals surface area contributed by atoms with Crippen molar-refractivity contribution >= 4 is 39.5 Å². The molecule has 0 rings (SSSR count). The number of ether oxygens (including phenoxy) is 4. The molecule has 0 aliphatic rings. The lowest BCUT2D eigenvalue weighted by Gasteiger charge is -2.21. The lowest BCUT2D eigenvalue weighted by atomic mass is 10.0. The molecule has 5 atom stereocenters. The van der Waals surface area contributed by atoms with Crippen molar-refractivity contribution in [3.63, 3.8) is 0 Å². The number of carbonyl (C=O) groups is 4. The molecule has 0 saturated carbocycles. The van der Waals surface area contributed by atoms with Gasteiger partial charge in [0.05, 0.1) is 26.4 Å². The van der Waals surface area contributed by atoms with Crippen LogP contribution in [-0.4, -0.2) is 96.7 Å². The van der Waals surface area contributed by atoms with Gasteiger partial charge in [0.1, 0.15) is 19.3 Å². The van der Waals surface area contributed by atoms with Crippen LogP contribution in [-0.2, 0) is 65.4 Å². The average molecular weight is 1330 g/mol. The van der Waals surface area contributed by atoms with Crippen LogP contribution in [0.4, 0.5) is 0 Å². The molecule has 0 fully saturated rings. The molecule has 0 aromatic rings. The minimum Gasteiger partial charge on any atom is -0.462 e. The Morgan fingerprint density at radius 3 is 0.689 bits per heavy atom. The summed E-state index contributed by atoms with van der Waals surface area (Å²) in [7, 11) is -9.90. The molecule has 90 heavy (non-hydrogen) atoms. The van der Waals surface area contributed by atoms with Crippen molar-refractivity contribution in [2.75, 3.05) is 39.6 Å². The summed E-state index contributed by atoms with van der Waals surface area (Å²) >= 11 is 0. The van der Waals surface area contributed by atoms with Gasteiger partial charge in [-0.25, -0.2) is 9.13 Å². The molecule has 0 heterocycles. The van der Waals surface area contributed by atoms with Gasteiger partial charge in [-0.15, -0.1) is 0 Å². The van der Waals surface area contributed by atoms with Crippen LogP contribution in [0, 0.1) is 23.7 Å². The normalized spacial score (nSPS) is 14.3. The third-order valence-corrected chi connectivity index (χ3v) is 18.2. The van der Waals surface area contributed by atoms with Crippen LogP contribution in [0.3, 0.4) is 0 Å². The highest BCUT2D eigenvalue weighted by Gasteiger charge is 2.30. The van der Waals surface area contributed by atoms with E-state index in [1.807, 2.05) is 0 Å². The molecule has 19 heteroatoms. The molecule has 0 aromatic carbocycles. The number of hydrogen-bond donors (Lipinski definition) is 3. The second kappa shape index (κ2) is 60.7. The first-order chi connectivity index (χ1) is 43.1. The highest BCUT2D eigenvalue weighted by Crippen LogP contribution is 2.45. The predicted molar refractivity (Wildman–Crippen MR) is 363 cm³/mol. The van der Waals surface area contributed by atoms with E-state index in [-0.39, 0.29) is 25.7 Å². The van der Waals surface area contributed by atoms with Gasteiger partial charge in [-0.2, -0.15) is 0 Å². The lowest BCUT2D eigenvalue weighted by molar-refractivity contribution is -0.161. The summed E-state index contributed by atoms with van der Waals surface area (Å²) in [6, 6.07) is 0. The maximum atomic E-state index is 13.0. The van der Waals surface area contributed by atoms with Crippen molar-refractivity contribution in [3.05, 3.63) is 0 Å². The van der Waals surface area contributed by atoms with Gasteiger partial charge in [0.25, 0.3) is 0 Å². The topological polar surface area (TPSA) is 237 Å². The van der Waals surface area contributed by atoms with E-state index in [4.69, 9.17) is 37.0 Å². The summed E-state index contributed by atoms with van der Waals surface area (Å²) < 4.78 is 68.3. The van der Waals surface area contributed by atoms with Gasteiger partial charge < -0.3 is 33.8 Å². The van der Waals surface area contributed by atoms with Gasteiger partial charge in [0.15, 0.2) is 12.2 Å². The smallest absolute Gasteiger partial charge is 0.462 e. The molecule has 0 spiro atoms. The number of carbonyl (C=O) groups excluding carboxylic acids is 4. The van der Waals surface area contributed by atoms with Crippen molar-refractivity contribution in [3.8, 4) is 0 Å². The molecule has 17 nitrogen and oxygen atoms in total. The molecule has 0 aliphatic carbocycles. The van der Waals surface area contributed by atoms with Gasteiger partial charge in [0.2, 0.25) is 0 Å². The third-order valence-electron chi connectivity index (χ3n) is 16.3. The zero-order chi connectivity index (χ0) is 66.8. The quantitative estimate of drug-likeness (QED) is 0.0222. The van der Waals surface area contributed by atoms with Crippen LogP contribution in [0.1, 0.15) is 351 Å². The number of phosphoric ester groups is 2. The van der Waals surface area contributed by atoms with Gasteiger partial charge in [-0.3, -0.25) is 37.3 Å². The van der Waals surface area contributed by atoms with E-state index in [0.29, 0.717) is 37.5 Å². The SMILES string of the molecule is CC(C)CCCCCCCCCCCCCCCCCC(=O)O[C@H](COC(=O)CCCCCCCCC(C)C)COP(=O)(O)OCC(O)COP(=O)(O)OC[C@@H](COC(=O)CCCCCCCCCC(C)C)OC(=O)CCCCCCCCCCCCC(C)C. The number of aliphatic hydroxyl groups excluding tert-OH is 1. The van der Waals surface area contributed by atoms with Gasteiger partial charge in [-0.05, 0) is 49.4 Å². The number of esters is 4. The van der Waals surface area contributed by atoms with Gasteiger partial charge >= 0.3 is 39.5 Å². The maximum Gasteiger partial charge on any atom is 0.472 e. The summed E-state index contributed by atoms with van der Waals surface area (Å²) in [6.45, 7) is 14.0. The Balaban J connectivity index is 5.20. The van der Waals surface area contributed by atoms with Crippen LogP contribution in [0.25, 0.3) is 0 Å². The molecule has 0 aliphatic heterocycles. The first kappa shape index (κ1) is 88.1. The Kier molecular flexibility index (Phi) is 59.4. The van der Waals surface area contributed by atoms with E-state index in [1.54, 1.807) is 0 Å². The highest BCUT2D eigenvalue weighted by atomic mass is 31.2. The molecular formula is C71H138O17P2. The fourth-order valence-corrected chi connectivity index (χ4v) is 12.2. The maximum absolute atomic E-state index is 13.0. The molecule has 0 amide bonds.